The van der Waals surface area contributed by atoms with Crippen LogP contribution in [0.15, 0.2) is 104 Å². The van der Waals surface area contributed by atoms with Crippen molar-refractivity contribution >= 4 is 34.1 Å². The molecule has 25 heteroatoms. The quantitative estimate of drug-likeness (QED) is 0.0391. The van der Waals surface area contributed by atoms with Crippen molar-refractivity contribution in [2.24, 2.45) is 0 Å². The summed E-state index contributed by atoms with van der Waals surface area (Å²) in [6.07, 6.45) is 21.3. The van der Waals surface area contributed by atoms with Crippen molar-refractivity contribution in [3.05, 3.63) is 138 Å². The molecule has 0 amide bonds. The molecule has 0 saturated carbocycles. The van der Waals surface area contributed by atoms with Gasteiger partial charge in [0.25, 0.3) is 0 Å². The lowest BCUT2D eigenvalue weighted by Crippen LogP contribution is -2.54. The monoisotopic (exact) mass is 1680 g/mol. The number of likely N-dealkylation sites (N-methyl/N-ethyl adjacent to an activating group) is 2. The number of piperidine rings is 6. The molecule has 8 fully saturated rings. The number of nitrogens with zero attached hydrogens (tertiary/aromatic N) is 16. The maximum absolute atomic E-state index is 11.0. The summed E-state index contributed by atoms with van der Waals surface area (Å²) >= 11 is 0. The van der Waals surface area contributed by atoms with Crippen LogP contribution in [-0.2, 0) is 9.47 Å². The minimum Gasteiger partial charge on any atom is -0.495 e. The van der Waals surface area contributed by atoms with Crippen molar-refractivity contribution in [2.45, 2.75) is 237 Å². The first kappa shape index (κ1) is 97.8. The number of pyridine rings is 6. The SMILES string of the molecule is CC(C)c1ccc(N2CCC(C)(O)CC2)cn1.CC(C)c1ccc(N2CCC(O)(CN(C)C)CC2)cn1.CC(C)c1ccc(N2CCC(O)(CN3CCN(C)CC3)CC2)cn1.CC(C)c1ccc(N2CCC(O)(CN3CCOCC3)CC2)cn1.COCC1(O)CCN(c2ccc(C(C)C)nc2)CC1.COc1cc(N2CCC(O)CC2)cnc1C(C)C. The number of aliphatic hydroxyl groups excluding tert-OH is 1. The summed E-state index contributed by atoms with van der Waals surface area (Å²) in [5.41, 5.74) is 10.8. The van der Waals surface area contributed by atoms with E-state index in [1.165, 1.54) is 22.7 Å². The predicted octanol–water partition coefficient (Wildman–Crippen LogP) is 12.7. The third kappa shape index (κ3) is 30.7. The number of rotatable bonds is 21. The van der Waals surface area contributed by atoms with Crippen LogP contribution in [0.3, 0.4) is 0 Å². The zero-order valence-electron chi connectivity index (χ0n) is 77.4. The zero-order chi connectivity index (χ0) is 87.7. The summed E-state index contributed by atoms with van der Waals surface area (Å²) in [6, 6.07) is 23.4. The summed E-state index contributed by atoms with van der Waals surface area (Å²) in [4.78, 5) is 50.2. The van der Waals surface area contributed by atoms with E-state index in [2.05, 4.69) is 236 Å². The Morgan fingerprint density at radius 1 is 0.388 bits per heavy atom. The number of piperazine rings is 1. The summed E-state index contributed by atoms with van der Waals surface area (Å²) in [6.45, 7) is 49.0. The molecule has 121 heavy (non-hydrogen) atoms. The van der Waals surface area contributed by atoms with Crippen LogP contribution in [0.2, 0.25) is 0 Å². The van der Waals surface area contributed by atoms with Crippen molar-refractivity contribution in [3.8, 4) is 5.75 Å². The molecule has 0 aromatic carbocycles. The molecule has 674 valence electrons. The first-order valence-electron chi connectivity index (χ1n) is 45.5. The molecule has 0 unspecified atom stereocenters. The first-order chi connectivity index (χ1) is 57.5. The van der Waals surface area contributed by atoms with Gasteiger partial charge in [0.05, 0.1) is 138 Å². The molecule has 25 nitrogen and oxygen atoms in total. The Morgan fingerprint density at radius 2 is 0.694 bits per heavy atom. The normalized spacial score (nSPS) is 20.3. The van der Waals surface area contributed by atoms with Crippen molar-refractivity contribution in [2.75, 3.05) is 222 Å². The van der Waals surface area contributed by atoms with E-state index >= 15 is 0 Å². The molecule has 0 atom stereocenters. The van der Waals surface area contributed by atoms with Gasteiger partial charge in [-0.05, 0) is 201 Å². The second kappa shape index (κ2) is 46.3. The van der Waals surface area contributed by atoms with Crippen LogP contribution in [0, 0.1) is 0 Å². The summed E-state index contributed by atoms with van der Waals surface area (Å²) < 4.78 is 15.9. The molecule has 0 bridgehead atoms. The lowest BCUT2D eigenvalue weighted by atomic mass is 9.90. The lowest BCUT2D eigenvalue weighted by Gasteiger charge is -2.43. The van der Waals surface area contributed by atoms with Gasteiger partial charge in [0.1, 0.15) is 5.75 Å². The number of anilines is 6. The molecule has 8 saturated heterocycles. The minimum atomic E-state index is -0.656. The Hall–Kier alpha value is -6.98. The average Bonchev–Trinajstić information content (AvgIpc) is 1.23. The molecule has 6 N–H and O–H groups in total. The van der Waals surface area contributed by atoms with Crippen LogP contribution in [0.5, 0.6) is 5.75 Å². The van der Waals surface area contributed by atoms with Crippen LogP contribution in [0.1, 0.15) is 237 Å². The van der Waals surface area contributed by atoms with Crippen LogP contribution in [-0.4, -0.2) is 307 Å². The molecular formula is C96H156N16O9. The van der Waals surface area contributed by atoms with Crippen LogP contribution < -0.4 is 34.1 Å². The Labute approximate surface area is 727 Å². The van der Waals surface area contributed by atoms with Crippen molar-refractivity contribution in [3.63, 3.8) is 0 Å². The fourth-order valence-electron chi connectivity index (χ4n) is 17.0. The van der Waals surface area contributed by atoms with E-state index in [9.17, 15) is 30.6 Å². The van der Waals surface area contributed by atoms with Gasteiger partial charge in [0.15, 0.2) is 0 Å². The highest BCUT2D eigenvalue weighted by Crippen LogP contribution is 2.35. The molecule has 8 aliphatic rings. The zero-order valence-corrected chi connectivity index (χ0v) is 77.4. The molecule has 0 aliphatic carbocycles. The van der Waals surface area contributed by atoms with Gasteiger partial charge in [0, 0.05) is 179 Å². The third-order valence-electron chi connectivity index (χ3n) is 25.5. The first-order valence-corrected chi connectivity index (χ1v) is 45.5. The van der Waals surface area contributed by atoms with Crippen LogP contribution >= 0.6 is 0 Å². The highest BCUT2D eigenvalue weighted by atomic mass is 16.5. The van der Waals surface area contributed by atoms with Crippen molar-refractivity contribution < 1.29 is 44.8 Å². The van der Waals surface area contributed by atoms with Crippen LogP contribution in [0.4, 0.5) is 34.1 Å². The summed E-state index contributed by atoms with van der Waals surface area (Å²) in [5.74, 6) is 3.55. The molecule has 6 aromatic rings. The van der Waals surface area contributed by atoms with E-state index in [1.54, 1.807) is 14.2 Å². The number of morpholine rings is 1. The Morgan fingerprint density at radius 3 is 0.992 bits per heavy atom. The fourth-order valence-corrected chi connectivity index (χ4v) is 17.0. The number of hydrogen-bond acceptors (Lipinski definition) is 25. The van der Waals surface area contributed by atoms with E-state index < -0.39 is 28.0 Å². The van der Waals surface area contributed by atoms with Crippen molar-refractivity contribution in [1.82, 2.24) is 49.5 Å². The van der Waals surface area contributed by atoms with Crippen molar-refractivity contribution in [1.29, 1.82) is 0 Å². The molecule has 14 rings (SSSR count). The van der Waals surface area contributed by atoms with Gasteiger partial charge in [-0.25, -0.2) is 0 Å². The van der Waals surface area contributed by atoms with Gasteiger partial charge in [-0.1, -0.05) is 83.1 Å². The second-order valence-electron chi connectivity index (χ2n) is 38.1. The average molecular weight is 1680 g/mol. The fraction of sp³-hybridized carbons (Fsp3) is 0.688. The highest BCUT2D eigenvalue weighted by molar-refractivity contribution is 5.52. The molecule has 6 aromatic heterocycles. The Kier molecular flexibility index (Phi) is 37.4. The summed E-state index contributed by atoms with van der Waals surface area (Å²) in [5, 5.41) is 62.1. The highest BCUT2D eigenvalue weighted by Gasteiger charge is 2.39. The molecular weight excluding hydrogens is 1520 g/mol. The second-order valence-corrected chi connectivity index (χ2v) is 38.1. The minimum absolute atomic E-state index is 0.147. The van der Waals surface area contributed by atoms with Gasteiger partial charge in [-0.2, -0.15) is 0 Å². The van der Waals surface area contributed by atoms with Crippen LogP contribution in [0.25, 0.3) is 0 Å². The van der Waals surface area contributed by atoms with E-state index in [4.69, 9.17) is 14.2 Å². The maximum Gasteiger partial charge on any atom is 0.142 e. The topological polar surface area (TPSA) is 259 Å². The molecule has 8 aliphatic heterocycles. The van der Waals surface area contributed by atoms with Gasteiger partial charge < -0.3 is 84.0 Å². The lowest BCUT2D eigenvalue weighted by molar-refractivity contribution is -0.0472. The number of ether oxygens (including phenoxy) is 3. The maximum atomic E-state index is 11.0. The smallest absolute Gasteiger partial charge is 0.142 e. The largest absolute Gasteiger partial charge is 0.495 e. The number of β-amino-alcohol motifs (C(OH)–C–C–N with tert-alkyl or cyclic N) is 2. The predicted molar refractivity (Wildman–Crippen MR) is 493 cm³/mol. The number of aromatic nitrogens is 6. The van der Waals surface area contributed by atoms with E-state index in [0.29, 0.717) is 42.1 Å². The van der Waals surface area contributed by atoms with E-state index in [-0.39, 0.29) is 6.10 Å². The molecule has 0 radical (unpaired) electrons. The van der Waals surface area contributed by atoms with Gasteiger partial charge in [0.2, 0.25) is 0 Å². The number of aliphatic hydroxyl groups is 6. The summed E-state index contributed by atoms with van der Waals surface area (Å²) in [7, 11) is 9.52. The number of methoxy groups -OCH3 is 2. The molecule has 14 heterocycles. The Bertz CT molecular complexity index is 3890. The van der Waals surface area contributed by atoms with Gasteiger partial charge in [-0.15, -0.1) is 0 Å². The third-order valence-corrected chi connectivity index (χ3v) is 25.5. The number of hydrogen-bond donors (Lipinski definition) is 6. The standard InChI is InChI=1S/C19H32N4O.C18H29N3O2.C16H27N3O.C15H24N2O2.C14H22N2O2.C14H22N2O/c1-16(2)18-5-4-17(14-20-18)23-8-6-19(24,7-9-23)15-22-12-10-21(3)11-13-22;1-15(2)17-4-3-16(13-19-17)21-7-5-18(22,6-8-21)14-20-9-11-23-12-10-20;1-13(2)15-6-5-14(11-17-15)19-9-7-16(20,8-10-19)12-18(3)4;1-12(2)14-5-4-13(10-16-14)17-8-6-15(18,7-9-17)11-19-3;1-10(2)14-13(18-3)8-11(9-15-14)16-6-4-12(17)5-7-16;1-11(2)13-5-4-12(10-15-13)16-8-6-14(3,17)7-9-16/h4-5,14,16,24H,6-13,15H2,1-3H3;3-4,13,15,22H,5-12,14H2,1-2H3;5-6,11,13,20H,7-10,12H2,1-4H3;4-5,10,12,18H,6-9,11H2,1-3H3;8-10,12,17H,4-7H2,1-3H3;4-5,10-11,17H,6-9H2,1-3H3. The molecule has 0 spiro atoms. The van der Waals surface area contributed by atoms with Gasteiger partial charge >= 0.3 is 0 Å². The van der Waals surface area contributed by atoms with Gasteiger partial charge in [-0.3, -0.25) is 39.7 Å². The Balaban J connectivity index is 0.000000166. The van der Waals surface area contributed by atoms with E-state index in [1.807, 2.05) is 58.2 Å². The van der Waals surface area contributed by atoms with E-state index in [0.717, 1.165) is 279 Å².